The Kier molecular flexibility index (Phi) is 5.69. The van der Waals surface area contributed by atoms with Gasteiger partial charge in [0, 0.05) is 42.8 Å². The maximum absolute atomic E-state index is 13.1. The molecule has 1 aromatic carbocycles. The first-order valence-electron chi connectivity index (χ1n) is 9.34. The number of thioether (sulfide) groups is 1. The standard InChI is InChI=1S/C18H21BrClN3O4S2/c1-18-5-4-16(24)23(18)14(11-28-18)17(25)21-6-8-22(9-7-21)29(26,27)15-3-2-12(19)10-13(15)20/h2-3,10,14H,4-9,11H2,1H3/t14-,18-/m1/s1. The van der Waals surface area contributed by atoms with Gasteiger partial charge in [-0.2, -0.15) is 4.31 Å². The Morgan fingerprint density at radius 2 is 1.97 bits per heavy atom. The molecule has 2 amide bonds. The van der Waals surface area contributed by atoms with Gasteiger partial charge in [-0.1, -0.05) is 27.5 Å². The van der Waals surface area contributed by atoms with Gasteiger partial charge in [0.05, 0.1) is 9.89 Å². The summed E-state index contributed by atoms with van der Waals surface area (Å²) < 4.78 is 28.0. The Hall–Kier alpha value is -0.810. The van der Waals surface area contributed by atoms with Gasteiger partial charge in [0.25, 0.3) is 0 Å². The Morgan fingerprint density at radius 3 is 2.62 bits per heavy atom. The van der Waals surface area contributed by atoms with Crippen LogP contribution in [0.5, 0.6) is 0 Å². The molecular formula is C18H21BrClN3O4S2. The highest BCUT2D eigenvalue weighted by Crippen LogP contribution is 2.47. The number of nitrogens with zero attached hydrogens (tertiary/aromatic N) is 3. The summed E-state index contributed by atoms with van der Waals surface area (Å²) in [5.41, 5.74) is 0. The van der Waals surface area contributed by atoms with E-state index in [-0.39, 0.29) is 39.7 Å². The molecule has 7 nitrogen and oxygen atoms in total. The van der Waals surface area contributed by atoms with Crippen LogP contribution in [0.15, 0.2) is 27.6 Å². The second kappa shape index (κ2) is 7.71. The summed E-state index contributed by atoms with van der Waals surface area (Å²) in [5.74, 6) is 0.533. The Balaban J connectivity index is 1.44. The van der Waals surface area contributed by atoms with E-state index in [1.807, 2.05) is 6.92 Å². The summed E-state index contributed by atoms with van der Waals surface area (Å²) in [6.45, 7) is 3.01. The summed E-state index contributed by atoms with van der Waals surface area (Å²) in [5, 5.41) is 0.160. The van der Waals surface area contributed by atoms with E-state index in [9.17, 15) is 18.0 Å². The number of hydrogen-bond donors (Lipinski definition) is 0. The van der Waals surface area contributed by atoms with Crippen molar-refractivity contribution in [3.8, 4) is 0 Å². The number of piperazine rings is 1. The third-order valence-corrected chi connectivity index (χ3v) is 10.2. The molecule has 0 unspecified atom stereocenters. The quantitative estimate of drug-likeness (QED) is 0.609. The van der Waals surface area contributed by atoms with Crippen LogP contribution < -0.4 is 0 Å². The number of carbonyl (C=O) groups excluding carboxylic acids is 2. The highest BCUT2D eigenvalue weighted by atomic mass is 79.9. The molecule has 0 spiro atoms. The molecule has 11 heteroatoms. The molecule has 4 rings (SSSR count). The number of hydrogen-bond acceptors (Lipinski definition) is 5. The number of benzene rings is 1. The minimum absolute atomic E-state index is 0.0296. The van der Waals surface area contributed by atoms with Crippen molar-refractivity contribution in [1.82, 2.24) is 14.1 Å². The first kappa shape index (κ1) is 21.4. The van der Waals surface area contributed by atoms with E-state index < -0.39 is 16.1 Å². The van der Waals surface area contributed by atoms with Crippen LogP contribution in [0, 0.1) is 0 Å². The lowest BCUT2D eigenvalue weighted by molar-refractivity contribution is -0.144. The lowest BCUT2D eigenvalue weighted by atomic mass is 10.2. The topological polar surface area (TPSA) is 78.0 Å². The molecule has 0 saturated carbocycles. The van der Waals surface area contributed by atoms with Crippen molar-refractivity contribution in [3.05, 3.63) is 27.7 Å². The molecular weight excluding hydrogens is 502 g/mol. The summed E-state index contributed by atoms with van der Waals surface area (Å²) in [4.78, 5) is 28.6. The smallest absolute Gasteiger partial charge is 0.246 e. The van der Waals surface area contributed by atoms with Gasteiger partial charge in [-0.05, 0) is 31.5 Å². The van der Waals surface area contributed by atoms with Crippen LogP contribution in [0.3, 0.4) is 0 Å². The summed E-state index contributed by atoms with van der Waals surface area (Å²) >= 11 is 11.1. The highest BCUT2D eigenvalue weighted by molar-refractivity contribution is 9.10. The fraction of sp³-hybridized carbons (Fsp3) is 0.556. The minimum Gasteiger partial charge on any atom is -0.338 e. The van der Waals surface area contributed by atoms with Crippen molar-refractivity contribution in [3.63, 3.8) is 0 Å². The second-order valence-corrected chi connectivity index (χ2v) is 12.3. The maximum atomic E-state index is 13.1. The van der Waals surface area contributed by atoms with E-state index in [4.69, 9.17) is 11.6 Å². The predicted molar refractivity (Wildman–Crippen MR) is 115 cm³/mol. The van der Waals surface area contributed by atoms with Crippen LogP contribution in [0.1, 0.15) is 19.8 Å². The van der Waals surface area contributed by atoms with Crippen molar-refractivity contribution >= 4 is 61.1 Å². The molecule has 3 fully saturated rings. The predicted octanol–water partition coefficient (Wildman–Crippen LogP) is 2.39. The molecule has 1 aromatic rings. The number of carbonyl (C=O) groups is 2. The molecule has 3 aliphatic heterocycles. The lowest BCUT2D eigenvalue weighted by Crippen LogP contribution is -2.56. The molecule has 0 N–H and O–H groups in total. The van der Waals surface area contributed by atoms with Gasteiger partial charge in [0.2, 0.25) is 21.8 Å². The van der Waals surface area contributed by atoms with Crippen molar-refractivity contribution in [2.24, 2.45) is 0 Å². The van der Waals surface area contributed by atoms with Crippen molar-refractivity contribution in [2.75, 3.05) is 31.9 Å². The van der Waals surface area contributed by atoms with E-state index in [2.05, 4.69) is 15.9 Å². The summed E-state index contributed by atoms with van der Waals surface area (Å²) in [6.07, 6.45) is 1.24. The molecule has 2 atom stereocenters. The second-order valence-electron chi connectivity index (χ2n) is 7.57. The van der Waals surface area contributed by atoms with Crippen molar-refractivity contribution in [2.45, 2.75) is 35.6 Å². The fourth-order valence-electron chi connectivity index (χ4n) is 4.19. The molecule has 0 aromatic heterocycles. The average molecular weight is 523 g/mol. The Labute approximate surface area is 187 Å². The molecule has 0 bridgehead atoms. The molecule has 158 valence electrons. The van der Waals surface area contributed by atoms with E-state index in [1.54, 1.807) is 33.7 Å². The summed E-state index contributed by atoms with van der Waals surface area (Å²) in [7, 11) is -3.74. The third kappa shape index (κ3) is 3.71. The lowest BCUT2D eigenvalue weighted by Gasteiger charge is -2.37. The number of fused-ring (bicyclic) bond motifs is 1. The molecule has 3 heterocycles. The van der Waals surface area contributed by atoms with E-state index in [0.717, 1.165) is 6.42 Å². The monoisotopic (exact) mass is 521 g/mol. The number of rotatable bonds is 3. The van der Waals surface area contributed by atoms with Crippen LogP contribution in [0.4, 0.5) is 0 Å². The van der Waals surface area contributed by atoms with E-state index in [1.165, 1.54) is 10.4 Å². The van der Waals surface area contributed by atoms with Gasteiger partial charge in [-0.15, -0.1) is 11.8 Å². The van der Waals surface area contributed by atoms with Crippen LogP contribution in [-0.4, -0.2) is 77.2 Å². The van der Waals surface area contributed by atoms with Gasteiger partial charge in [0.15, 0.2) is 0 Å². The number of amides is 2. The van der Waals surface area contributed by atoms with Crippen molar-refractivity contribution < 1.29 is 18.0 Å². The van der Waals surface area contributed by atoms with Gasteiger partial charge in [-0.3, -0.25) is 9.59 Å². The Morgan fingerprint density at radius 1 is 1.28 bits per heavy atom. The Bertz CT molecular complexity index is 968. The van der Waals surface area contributed by atoms with Crippen LogP contribution in [-0.2, 0) is 19.6 Å². The van der Waals surface area contributed by atoms with Gasteiger partial charge in [0.1, 0.15) is 10.9 Å². The van der Waals surface area contributed by atoms with Gasteiger partial charge in [-0.25, -0.2) is 8.42 Å². The molecule has 3 aliphatic rings. The zero-order valence-corrected chi connectivity index (χ0v) is 19.8. The summed E-state index contributed by atoms with van der Waals surface area (Å²) in [6, 6.07) is 4.22. The number of halogens is 2. The first-order chi connectivity index (χ1) is 13.6. The van der Waals surface area contributed by atoms with Crippen molar-refractivity contribution in [1.29, 1.82) is 0 Å². The zero-order valence-electron chi connectivity index (χ0n) is 15.8. The molecule has 0 radical (unpaired) electrons. The third-order valence-electron chi connectivity index (χ3n) is 5.79. The SMILES string of the molecule is C[C@@]12CCC(=O)N1[C@@H](C(=O)N1CCN(S(=O)(=O)c3ccc(Br)cc3Cl)CC1)CS2. The molecule has 3 saturated heterocycles. The largest absolute Gasteiger partial charge is 0.338 e. The zero-order chi connectivity index (χ0) is 21.0. The average Bonchev–Trinajstić information content (AvgIpc) is 3.17. The van der Waals surface area contributed by atoms with Crippen LogP contribution in [0.2, 0.25) is 5.02 Å². The van der Waals surface area contributed by atoms with E-state index in [0.29, 0.717) is 29.7 Å². The molecule has 29 heavy (non-hydrogen) atoms. The minimum atomic E-state index is -3.74. The number of sulfonamides is 1. The maximum Gasteiger partial charge on any atom is 0.246 e. The van der Waals surface area contributed by atoms with Crippen LogP contribution >= 0.6 is 39.3 Å². The van der Waals surface area contributed by atoms with Crippen LogP contribution in [0.25, 0.3) is 0 Å². The van der Waals surface area contributed by atoms with E-state index >= 15 is 0 Å². The highest BCUT2D eigenvalue weighted by Gasteiger charge is 2.53. The fourth-order valence-corrected chi connectivity index (χ4v) is 8.04. The first-order valence-corrected chi connectivity index (χ1v) is 12.9. The van der Waals surface area contributed by atoms with Gasteiger partial charge >= 0.3 is 0 Å². The molecule has 0 aliphatic carbocycles. The van der Waals surface area contributed by atoms with Gasteiger partial charge < -0.3 is 9.80 Å². The normalized spacial score (nSPS) is 28.1.